The van der Waals surface area contributed by atoms with Gasteiger partial charge in [-0.3, -0.25) is 0 Å². The van der Waals surface area contributed by atoms with Gasteiger partial charge in [0.2, 0.25) is 0 Å². The molecule has 0 fully saturated rings. The Morgan fingerprint density at radius 1 is 1.33 bits per heavy atom. The van der Waals surface area contributed by atoms with Gasteiger partial charge in [0.1, 0.15) is 0 Å². The number of thiocarbonyl (C=S) groups is 1. The van der Waals surface area contributed by atoms with Crippen molar-refractivity contribution in [1.82, 2.24) is 10.6 Å². The third kappa shape index (κ3) is 9.66. The topological polar surface area (TPSA) is 33.3 Å². The Bertz CT molecular complexity index is 232. The molecule has 0 spiro atoms. The zero-order valence-corrected chi connectivity index (χ0v) is 13.5. The van der Waals surface area contributed by atoms with E-state index in [4.69, 9.17) is 17.0 Å². The molecule has 0 saturated heterocycles. The molecule has 1 unspecified atom stereocenters. The van der Waals surface area contributed by atoms with Crippen LogP contribution in [0.2, 0.25) is 0 Å². The van der Waals surface area contributed by atoms with Crippen LogP contribution in [-0.4, -0.2) is 31.4 Å². The lowest BCUT2D eigenvalue weighted by atomic mass is 9.87. The second-order valence-electron chi connectivity index (χ2n) is 5.80. The summed E-state index contributed by atoms with van der Waals surface area (Å²) in [5.41, 5.74) is 0.297. The molecule has 0 aliphatic rings. The van der Waals surface area contributed by atoms with Gasteiger partial charge < -0.3 is 15.4 Å². The summed E-state index contributed by atoms with van der Waals surface area (Å²) in [5.74, 6) is 0. The second kappa shape index (κ2) is 9.56. The predicted octanol–water partition coefficient (Wildman–Crippen LogP) is 3.09. The van der Waals surface area contributed by atoms with Gasteiger partial charge in [-0.25, -0.2) is 0 Å². The first-order chi connectivity index (χ1) is 8.41. The van der Waals surface area contributed by atoms with Crippen molar-refractivity contribution in [3.05, 3.63) is 0 Å². The lowest BCUT2D eigenvalue weighted by Gasteiger charge is -2.26. The first-order valence-corrected chi connectivity index (χ1v) is 7.35. The van der Waals surface area contributed by atoms with E-state index in [9.17, 15) is 0 Å². The van der Waals surface area contributed by atoms with Gasteiger partial charge in [-0.05, 0) is 31.0 Å². The zero-order valence-electron chi connectivity index (χ0n) is 12.6. The Labute approximate surface area is 118 Å². The minimum atomic E-state index is 0.248. The molecular weight excluding hydrogens is 244 g/mol. The molecule has 108 valence electrons. The number of ether oxygens (including phenoxy) is 1. The Morgan fingerprint density at radius 2 is 2.00 bits per heavy atom. The molecule has 18 heavy (non-hydrogen) atoms. The van der Waals surface area contributed by atoms with Gasteiger partial charge in [0.05, 0.1) is 6.61 Å². The third-order valence-electron chi connectivity index (χ3n) is 2.98. The second-order valence-corrected chi connectivity index (χ2v) is 6.21. The van der Waals surface area contributed by atoms with Crippen LogP contribution in [-0.2, 0) is 4.74 Å². The van der Waals surface area contributed by atoms with E-state index in [-0.39, 0.29) is 6.04 Å². The van der Waals surface area contributed by atoms with E-state index in [1.54, 1.807) is 7.11 Å². The van der Waals surface area contributed by atoms with E-state index in [1.165, 1.54) is 25.7 Å². The van der Waals surface area contributed by atoms with E-state index in [1.807, 2.05) is 0 Å². The standard InChI is InChI=1S/C14H30N2OS/c1-6-7-8-9-14(3,4)11-15-13(18)16-12(2)10-17-5/h12H,6-11H2,1-5H3,(H2,15,16,18). The Balaban J connectivity index is 3.81. The summed E-state index contributed by atoms with van der Waals surface area (Å²) in [6.07, 6.45) is 5.13. The van der Waals surface area contributed by atoms with Crippen molar-refractivity contribution in [2.75, 3.05) is 20.3 Å². The summed E-state index contributed by atoms with van der Waals surface area (Å²) in [4.78, 5) is 0. The van der Waals surface area contributed by atoms with Gasteiger partial charge in [-0.2, -0.15) is 0 Å². The summed E-state index contributed by atoms with van der Waals surface area (Å²) in [6.45, 7) is 10.5. The van der Waals surface area contributed by atoms with Gasteiger partial charge in [0, 0.05) is 19.7 Å². The Morgan fingerprint density at radius 3 is 2.56 bits per heavy atom. The molecule has 0 rings (SSSR count). The molecule has 4 heteroatoms. The summed E-state index contributed by atoms with van der Waals surface area (Å²) >= 11 is 5.27. The first kappa shape index (κ1) is 17.6. The molecule has 0 aromatic rings. The highest BCUT2D eigenvalue weighted by atomic mass is 32.1. The maximum Gasteiger partial charge on any atom is 0.166 e. The van der Waals surface area contributed by atoms with Crippen molar-refractivity contribution >= 4 is 17.3 Å². The van der Waals surface area contributed by atoms with Crippen LogP contribution >= 0.6 is 12.2 Å². The molecule has 0 amide bonds. The van der Waals surface area contributed by atoms with Gasteiger partial charge in [-0.1, -0.05) is 40.0 Å². The van der Waals surface area contributed by atoms with E-state index in [0.29, 0.717) is 12.0 Å². The largest absolute Gasteiger partial charge is 0.383 e. The zero-order chi connectivity index (χ0) is 14.0. The number of methoxy groups -OCH3 is 1. The van der Waals surface area contributed by atoms with Crippen LogP contribution in [0.5, 0.6) is 0 Å². The monoisotopic (exact) mass is 274 g/mol. The lowest BCUT2D eigenvalue weighted by Crippen LogP contribution is -2.45. The SMILES string of the molecule is CCCCCC(C)(C)CNC(=S)NC(C)COC. The fraction of sp³-hybridized carbons (Fsp3) is 0.929. The van der Waals surface area contributed by atoms with Gasteiger partial charge in [0.15, 0.2) is 5.11 Å². The highest BCUT2D eigenvalue weighted by Gasteiger charge is 2.17. The number of nitrogens with one attached hydrogen (secondary N) is 2. The average molecular weight is 274 g/mol. The first-order valence-electron chi connectivity index (χ1n) is 6.94. The van der Waals surface area contributed by atoms with Gasteiger partial charge in [0.25, 0.3) is 0 Å². The van der Waals surface area contributed by atoms with E-state index < -0.39 is 0 Å². The maximum atomic E-state index is 5.27. The molecule has 0 radical (unpaired) electrons. The van der Waals surface area contributed by atoms with E-state index in [0.717, 1.165) is 11.7 Å². The smallest absolute Gasteiger partial charge is 0.166 e. The van der Waals surface area contributed by atoms with Crippen molar-refractivity contribution in [3.8, 4) is 0 Å². The Kier molecular flexibility index (Phi) is 9.38. The number of hydrogen-bond donors (Lipinski definition) is 2. The van der Waals surface area contributed by atoms with E-state index >= 15 is 0 Å². The molecule has 0 aromatic heterocycles. The molecule has 0 bridgehead atoms. The number of hydrogen-bond acceptors (Lipinski definition) is 2. The van der Waals surface area contributed by atoms with Crippen LogP contribution in [0, 0.1) is 5.41 Å². The van der Waals surface area contributed by atoms with E-state index in [2.05, 4.69) is 38.3 Å². The quantitative estimate of drug-likeness (QED) is 0.500. The molecule has 2 N–H and O–H groups in total. The van der Waals surface area contributed by atoms with Gasteiger partial charge >= 0.3 is 0 Å². The minimum Gasteiger partial charge on any atom is -0.383 e. The fourth-order valence-electron chi connectivity index (χ4n) is 1.83. The van der Waals surface area contributed by atoms with Gasteiger partial charge in [-0.15, -0.1) is 0 Å². The third-order valence-corrected chi connectivity index (χ3v) is 3.24. The van der Waals surface area contributed by atoms with Crippen LogP contribution in [0.25, 0.3) is 0 Å². The molecule has 0 heterocycles. The highest BCUT2D eigenvalue weighted by Crippen LogP contribution is 2.22. The maximum absolute atomic E-state index is 5.27. The molecule has 0 aliphatic carbocycles. The van der Waals surface area contributed by atoms with Crippen molar-refractivity contribution < 1.29 is 4.74 Å². The summed E-state index contributed by atoms with van der Waals surface area (Å²) in [6, 6.07) is 0.248. The normalized spacial score (nSPS) is 13.2. The molecule has 0 aliphatic heterocycles. The number of unbranched alkanes of at least 4 members (excludes halogenated alkanes) is 2. The average Bonchev–Trinajstić information content (AvgIpc) is 2.27. The van der Waals surface area contributed by atoms with Crippen molar-refractivity contribution in [2.24, 2.45) is 5.41 Å². The molecule has 3 nitrogen and oxygen atoms in total. The summed E-state index contributed by atoms with van der Waals surface area (Å²) in [5, 5.41) is 7.25. The lowest BCUT2D eigenvalue weighted by molar-refractivity contribution is 0.179. The fourth-order valence-corrected chi connectivity index (χ4v) is 2.10. The molecular formula is C14H30N2OS. The molecule has 1 atom stereocenters. The van der Waals surface area contributed by atoms with Crippen LogP contribution in [0.3, 0.4) is 0 Å². The van der Waals surface area contributed by atoms with Crippen molar-refractivity contribution in [1.29, 1.82) is 0 Å². The van der Waals surface area contributed by atoms with Crippen LogP contribution < -0.4 is 10.6 Å². The predicted molar refractivity (Wildman–Crippen MR) is 83.0 cm³/mol. The highest BCUT2D eigenvalue weighted by molar-refractivity contribution is 7.80. The summed E-state index contributed by atoms with van der Waals surface area (Å²) in [7, 11) is 1.70. The summed E-state index contributed by atoms with van der Waals surface area (Å²) < 4.78 is 5.07. The molecule has 0 saturated carbocycles. The van der Waals surface area contributed by atoms with Crippen molar-refractivity contribution in [3.63, 3.8) is 0 Å². The van der Waals surface area contributed by atoms with Crippen LogP contribution in [0.4, 0.5) is 0 Å². The van der Waals surface area contributed by atoms with Crippen LogP contribution in [0.1, 0.15) is 53.4 Å². The molecule has 0 aromatic carbocycles. The van der Waals surface area contributed by atoms with Crippen molar-refractivity contribution in [2.45, 2.75) is 59.4 Å². The Hall–Kier alpha value is -0.350. The van der Waals surface area contributed by atoms with Crippen LogP contribution in [0.15, 0.2) is 0 Å². The number of rotatable bonds is 9. The minimum absolute atomic E-state index is 0.248.